The quantitative estimate of drug-likeness (QED) is 0.624. The van der Waals surface area contributed by atoms with Crippen LogP contribution >= 0.6 is 11.8 Å². The number of thioether (sulfide) groups is 1. The van der Waals surface area contributed by atoms with Crippen LogP contribution in [-0.2, 0) is 4.79 Å². The standard InChI is InChI=1S/C13H25NO2S/c1-2-3-4-5-6-7-8-9-12-14-11(10-17-12)13(15)16/h11-12,14H,2-10H2,1H3,(H,15,16). The average molecular weight is 259 g/mol. The zero-order chi connectivity index (χ0) is 12.5. The molecular formula is C13H25NO2S. The van der Waals surface area contributed by atoms with Crippen molar-refractivity contribution < 1.29 is 9.90 Å². The molecule has 1 aliphatic rings. The molecule has 1 saturated heterocycles. The van der Waals surface area contributed by atoms with E-state index in [1.807, 2.05) is 0 Å². The van der Waals surface area contributed by atoms with Crippen molar-refractivity contribution in [1.82, 2.24) is 5.32 Å². The van der Waals surface area contributed by atoms with Crippen molar-refractivity contribution in [2.75, 3.05) is 5.75 Å². The minimum atomic E-state index is -0.709. The molecule has 3 nitrogen and oxygen atoms in total. The second kappa shape index (κ2) is 8.81. The molecule has 4 heteroatoms. The van der Waals surface area contributed by atoms with Gasteiger partial charge in [-0.1, -0.05) is 51.9 Å². The van der Waals surface area contributed by atoms with Gasteiger partial charge in [-0.05, 0) is 6.42 Å². The van der Waals surface area contributed by atoms with Crippen LogP contribution < -0.4 is 5.32 Å². The van der Waals surface area contributed by atoms with Crippen LogP contribution in [0.4, 0.5) is 0 Å². The Hall–Kier alpha value is -0.220. The predicted octanol–water partition coefficient (Wildman–Crippen LogP) is 3.24. The normalized spacial score (nSPS) is 24.1. The van der Waals surface area contributed by atoms with Crippen LogP contribution in [0.5, 0.6) is 0 Å². The molecule has 1 aliphatic heterocycles. The second-order valence-corrected chi connectivity index (χ2v) is 6.03. The fraction of sp³-hybridized carbons (Fsp3) is 0.923. The van der Waals surface area contributed by atoms with Crippen molar-refractivity contribution in [3.63, 3.8) is 0 Å². The molecule has 2 N–H and O–H groups in total. The highest BCUT2D eigenvalue weighted by Crippen LogP contribution is 2.23. The van der Waals surface area contributed by atoms with Crippen molar-refractivity contribution >= 4 is 17.7 Å². The van der Waals surface area contributed by atoms with Gasteiger partial charge in [0.2, 0.25) is 0 Å². The van der Waals surface area contributed by atoms with Gasteiger partial charge in [0.05, 0.1) is 5.37 Å². The lowest BCUT2D eigenvalue weighted by molar-refractivity contribution is -0.138. The molecule has 0 spiro atoms. The highest BCUT2D eigenvalue weighted by atomic mass is 32.2. The molecule has 2 atom stereocenters. The summed E-state index contributed by atoms with van der Waals surface area (Å²) in [6.07, 6.45) is 10.4. The minimum Gasteiger partial charge on any atom is -0.480 e. The van der Waals surface area contributed by atoms with Crippen LogP contribution in [0.2, 0.25) is 0 Å². The topological polar surface area (TPSA) is 49.3 Å². The molecule has 1 fully saturated rings. The van der Waals surface area contributed by atoms with E-state index in [4.69, 9.17) is 5.11 Å². The summed E-state index contributed by atoms with van der Waals surface area (Å²) in [4.78, 5) is 10.7. The molecule has 0 saturated carbocycles. The number of carboxylic acids is 1. The first-order valence-corrected chi connectivity index (χ1v) is 7.89. The zero-order valence-electron chi connectivity index (χ0n) is 10.8. The first kappa shape index (κ1) is 14.8. The van der Waals surface area contributed by atoms with Gasteiger partial charge in [0.15, 0.2) is 0 Å². The Morgan fingerprint density at radius 1 is 1.24 bits per heavy atom. The minimum absolute atomic E-state index is 0.324. The largest absolute Gasteiger partial charge is 0.480 e. The molecule has 0 aromatic heterocycles. The SMILES string of the molecule is CCCCCCCCCC1NC(C(=O)O)CS1. The van der Waals surface area contributed by atoms with Crippen molar-refractivity contribution in [2.45, 2.75) is 69.7 Å². The van der Waals surface area contributed by atoms with Gasteiger partial charge in [0, 0.05) is 5.75 Å². The van der Waals surface area contributed by atoms with Crippen molar-refractivity contribution in [1.29, 1.82) is 0 Å². The van der Waals surface area contributed by atoms with E-state index in [-0.39, 0.29) is 6.04 Å². The molecule has 0 aromatic carbocycles. The summed E-state index contributed by atoms with van der Waals surface area (Å²) in [6, 6.07) is -0.324. The lowest BCUT2D eigenvalue weighted by Gasteiger charge is -2.10. The van der Waals surface area contributed by atoms with Gasteiger partial charge in [-0.25, -0.2) is 0 Å². The average Bonchev–Trinajstić information content (AvgIpc) is 2.77. The highest BCUT2D eigenvalue weighted by molar-refractivity contribution is 8.00. The van der Waals surface area contributed by atoms with Crippen LogP contribution in [0.1, 0.15) is 58.3 Å². The summed E-state index contributed by atoms with van der Waals surface area (Å²) < 4.78 is 0. The molecule has 0 radical (unpaired) electrons. The molecule has 100 valence electrons. The van der Waals surface area contributed by atoms with Crippen LogP contribution in [0.3, 0.4) is 0 Å². The summed E-state index contributed by atoms with van der Waals surface area (Å²) in [5.41, 5.74) is 0. The lowest BCUT2D eigenvalue weighted by Crippen LogP contribution is -2.36. The molecule has 1 heterocycles. The van der Waals surface area contributed by atoms with E-state index < -0.39 is 5.97 Å². The maximum absolute atomic E-state index is 10.7. The Kier molecular flexibility index (Phi) is 7.69. The Morgan fingerprint density at radius 3 is 2.47 bits per heavy atom. The maximum atomic E-state index is 10.7. The predicted molar refractivity (Wildman–Crippen MR) is 73.4 cm³/mol. The fourth-order valence-corrected chi connectivity index (χ4v) is 3.39. The monoisotopic (exact) mass is 259 g/mol. The number of nitrogens with one attached hydrogen (secondary N) is 1. The zero-order valence-corrected chi connectivity index (χ0v) is 11.6. The summed E-state index contributed by atoms with van der Waals surface area (Å²) in [6.45, 7) is 2.24. The summed E-state index contributed by atoms with van der Waals surface area (Å²) >= 11 is 1.76. The molecule has 17 heavy (non-hydrogen) atoms. The number of carboxylic acid groups (broad SMARTS) is 1. The van der Waals surface area contributed by atoms with E-state index in [1.165, 1.54) is 44.9 Å². The van der Waals surface area contributed by atoms with Crippen LogP contribution in [0.15, 0.2) is 0 Å². The molecule has 0 bridgehead atoms. The third-order valence-corrected chi connectivity index (χ3v) is 4.52. The van der Waals surface area contributed by atoms with Gasteiger partial charge in [-0.15, -0.1) is 11.8 Å². The summed E-state index contributed by atoms with van der Waals surface area (Å²) in [7, 11) is 0. The smallest absolute Gasteiger partial charge is 0.321 e. The number of hydrogen-bond acceptors (Lipinski definition) is 3. The van der Waals surface area contributed by atoms with E-state index in [0.717, 1.165) is 12.2 Å². The van der Waals surface area contributed by atoms with E-state index in [0.29, 0.717) is 5.37 Å². The van der Waals surface area contributed by atoms with E-state index in [1.54, 1.807) is 11.8 Å². The number of hydrogen-bond donors (Lipinski definition) is 2. The second-order valence-electron chi connectivity index (χ2n) is 4.79. The Bertz CT molecular complexity index is 223. The molecular weight excluding hydrogens is 234 g/mol. The number of rotatable bonds is 9. The summed E-state index contributed by atoms with van der Waals surface area (Å²) in [5, 5.41) is 12.4. The number of aliphatic carboxylic acids is 1. The van der Waals surface area contributed by atoms with Gasteiger partial charge in [0.25, 0.3) is 0 Å². The van der Waals surface area contributed by atoms with E-state index in [2.05, 4.69) is 12.2 Å². The van der Waals surface area contributed by atoms with Crippen molar-refractivity contribution in [2.24, 2.45) is 0 Å². The van der Waals surface area contributed by atoms with Gasteiger partial charge >= 0.3 is 5.97 Å². The van der Waals surface area contributed by atoms with Gasteiger partial charge in [-0.3, -0.25) is 10.1 Å². The third kappa shape index (κ3) is 6.32. The maximum Gasteiger partial charge on any atom is 0.321 e. The number of carbonyl (C=O) groups is 1. The van der Waals surface area contributed by atoms with E-state index in [9.17, 15) is 4.79 Å². The molecule has 0 amide bonds. The molecule has 1 rings (SSSR count). The Labute approximate surface area is 109 Å². The summed E-state index contributed by atoms with van der Waals surface area (Å²) in [5.74, 6) is 0.0100. The van der Waals surface area contributed by atoms with Crippen LogP contribution in [-0.4, -0.2) is 28.2 Å². The first-order chi connectivity index (χ1) is 8.24. The Balaban J connectivity index is 1.92. The van der Waals surface area contributed by atoms with Crippen molar-refractivity contribution in [3.05, 3.63) is 0 Å². The van der Waals surface area contributed by atoms with Gasteiger partial charge in [-0.2, -0.15) is 0 Å². The third-order valence-electron chi connectivity index (χ3n) is 3.22. The fourth-order valence-electron chi connectivity index (χ4n) is 2.13. The van der Waals surface area contributed by atoms with Crippen molar-refractivity contribution in [3.8, 4) is 0 Å². The number of unbranched alkanes of at least 4 members (excludes halogenated alkanes) is 6. The molecule has 0 aromatic rings. The molecule has 0 aliphatic carbocycles. The van der Waals surface area contributed by atoms with Gasteiger partial charge in [0.1, 0.15) is 6.04 Å². The van der Waals surface area contributed by atoms with Crippen LogP contribution in [0, 0.1) is 0 Å². The van der Waals surface area contributed by atoms with Crippen LogP contribution in [0.25, 0.3) is 0 Å². The first-order valence-electron chi connectivity index (χ1n) is 6.84. The van der Waals surface area contributed by atoms with Gasteiger partial charge < -0.3 is 5.11 Å². The lowest BCUT2D eigenvalue weighted by atomic mass is 10.1. The Morgan fingerprint density at radius 2 is 1.88 bits per heavy atom. The van der Waals surface area contributed by atoms with E-state index >= 15 is 0 Å². The molecule has 2 unspecified atom stereocenters. The highest BCUT2D eigenvalue weighted by Gasteiger charge is 2.28.